The molecule has 4 N–H and O–H groups in total. The molecular formula is C10H13N5O3. The van der Waals surface area contributed by atoms with Gasteiger partial charge in [0.1, 0.15) is 11.7 Å². The lowest BCUT2D eigenvalue weighted by molar-refractivity contribution is 0.0266. The van der Waals surface area contributed by atoms with Crippen molar-refractivity contribution < 1.29 is 10.2 Å². The summed E-state index contributed by atoms with van der Waals surface area (Å²) in [5, 5.41) is 30.5. The molecule has 1 unspecified atom stereocenters. The summed E-state index contributed by atoms with van der Waals surface area (Å²) in [6, 6.07) is -1.28. The van der Waals surface area contributed by atoms with E-state index in [1.165, 1.54) is 6.33 Å². The molecule has 18 heavy (non-hydrogen) atoms. The van der Waals surface area contributed by atoms with Gasteiger partial charge < -0.3 is 20.5 Å². The highest BCUT2D eigenvalue weighted by molar-refractivity contribution is 5.44. The molecule has 3 rings (SSSR count). The summed E-state index contributed by atoms with van der Waals surface area (Å²) in [6.45, 7) is 1.77. The lowest BCUT2D eigenvalue weighted by atomic mass is 10.00. The lowest BCUT2D eigenvalue weighted by Gasteiger charge is -2.19. The van der Waals surface area contributed by atoms with Gasteiger partial charge in [-0.05, 0) is 6.92 Å². The summed E-state index contributed by atoms with van der Waals surface area (Å²) in [5.41, 5.74) is 0.245. The Morgan fingerprint density at radius 2 is 2.11 bits per heavy atom. The first-order chi connectivity index (χ1) is 8.59. The van der Waals surface area contributed by atoms with Gasteiger partial charge in [-0.3, -0.25) is 4.79 Å². The molecule has 8 heteroatoms. The third-order valence-electron chi connectivity index (χ3n) is 3.44. The van der Waals surface area contributed by atoms with Crippen molar-refractivity contribution in [1.82, 2.24) is 15.3 Å². The number of hydrogen-bond donors (Lipinski definition) is 4. The summed E-state index contributed by atoms with van der Waals surface area (Å²) >= 11 is 0. The van der Waals surface area contributed by atoms with Crippen molar-refractivity contribution >= 4 is 5.69 Å². The minimum atomic E-state index is -0.962. The standard InChI is InChI=1S/C10H13N5O3/c1-3-8(16)9(17)6(13-3)5-4-7(15-14-5)10(18)12-2-11-4/h2-3,5-6,8-9,13,16-17H,1H3,(H,11,12,18)/t3-,5?,6+,8-,9+/m1/s1. The van der Waals surface area contributed by atoms with E-state index in [2.05, 4.69) is 25.5 Å². The second kappa shape index (κ2) is 3.94. The SMILES string of the molecule is C[C@H]1N[C@@H](C2N=Nc3c2nc[nH]c3=O)[C@H](O)[C@@H]1O. The van der Waals surface area contributed by atoms with Gasteiger partial charge in [-0.1, -0.05) is 0 Å². The minimum Gasteiger partial charge on any atom is -0.389 e. The molecular weight excluding hydrogens is 238 g/mol. The molecule has 1 aromatic rings. The molecule has 96 valence electrons. The van der Waals surface area contributed by atoms with E-state index in [0.29, 0.717) is 5.69 Å². The van der Waals surface area contributed by atoms with Gasteiger partial charge in [-0.25, -0.2) is 4.98 Å². The van der Waals surface area contributed by atoms with Crippen LogP contribution in [0.15, 0.2) is 21.4 Å². The molecule has 8 nitrogen and oxygen atoms in total. The highest BCUT2D eigenvalue weighted by atomic mass is 16.3. The monoisotopic (exact) mass is 251 g/mol. The Morgan fingerprint density at radius 3 is 2.78 bits per heavy atom. The maximum atomic E-state index is 11.5. The van der Waals surface area contributed by atoms with Gasteiger partial charge in [0.05, 0.1) is 24.6 Å². The fraction of sp³-hybridized carbons (Fsp3) is 0.600. The third kappa shape index (κ3) is 1.50. The maximum Gasteiger partial charge on any atom is 0.278 e. The van der Waals surface area contributed by atoms with E-state index in [9.17, 15) is 15.0 Å². The Labute approximate surface area is 102 Å². The fourth-order valence-electron chi connectivity index (χ4n) is 2.42. The van der Waals surface area contributed by atoms with E-state index in [0.717, 1.165) is 0 Å². The van der Waals surface area contributed by atoms with Crippen molar-refractivity contribution in [2.24, 2.45) is 10.2 Å². The third-order valence-corrected chi connectivity index (χ3v) is 3.44. The predicted octanol–water partition coefficient (Wildman–Crippen LogP) is -1.01. The molecule has 0 radical (unpaired) electrons. The zero-order valence-electron chi connectivity index (χ0n) is 9.61. The molecule has 0 saturated carbocycles. The number of aliphatic hydroxyl groups excluding tert-OH is 2. The Balaban J connectivity index is 1.96. The van der Waals surface area contributed by atoms with Gasteiger partial charge in [0.15, 0.2) is 5.69 Å². The van der Waals surface area contributed by atoms with Crippen LogP contribution in [0.1, 0.15) is 18.7 Å². The lowest BCUT2D eigenvalue weighted by Crippen LogP contribution is -2.38. The van der Waals surface area contributed by atoms with Crippen molar-refractivity contribution in [2.45, 2.75) is 37.3 Å². The van der Waals surface area contributed by atoms with E-state index < -0.39 is 24.3 Å². The van der Waals surface area contributed by atoms with Crippen LogP contribution >= 0.6 is 0 Å². The number of nitrogens with zero attached hydrogens (tertiary/aromatic N) is 3. The van der Waals surface area contributed by atoms with Crippen LogP contribution in [0.3, 0.4) is 0 Å². The van der Waals surface area contributed by atoms with E-state index in [-0.39, 0.29) is 17.3 Å². The number of hydrogen-bond acceptors (Lipinski definition) is 7. The van der Waals surface area contributed by atoms with Gasteiger partial charge >= 0.3 is 0 Å². The van der Waals surface area contributed by atoms with Gasteiger partial charge in [-0.15, -0.1) is 5.11 Å². The predicted molar refractivity (Wildman–Crippen MR) is 60.5 cm³/mol. The van der Waals surface area contributed by atoms with Crippen molar-refractivity contribution in [1.29, 1.82) is 0 Å². The van der Waals surface area contributed by atoms with Crippen LogP contribution in [-0.4, -0.2) is 44.5 Å². The average molecular weight is 251 g/mol. The molecule has 1 fully saturated rings. The summed E-state index contributed by atoms with van der Waals surface area (Å²) < 4.78 is 0. The van der Waals surface area contributed by atoms with Crippen LogP contribution in [-0.2, 0) is 0 Å². The van der Waals surface area contributed by atoms with E-state index in [1.807, 2.05) is 0 Å². The molecule has 0 aromatic carbocycles. The van der Waals surface area contributed by atoms with Crippen molar-refractivity contribution in [3.63, 3.8) is 0 Å². The van der Waals surface area contributed by atoms with Crippen LogP contribution in [0.25, 0.3) is 0 Å². The summed E-state index contributed by atoms with van der Waals surface area (Å²) in [7, 11) is 0. The molecule has 1 aromatic heterocycles. The van der Waals surface area contributed by atoms with Crippen LogP contribution in [0.2, 0.25) is 0 Å². The quantitative estimate of drug-likeness (QED) is 0.509. The number of aliphatic hydroxyl groups is 2. The number of azo groups is 1. The van der Waals surface area contributed by atoms with Gasteiger partial charge in [0.2, 0.25) is 0 Å². The van der Waals surface area contributed by atoms with Crippen LogP contribution in [0, 0.1) is 0 Å². The van der Waals surface area contributed by atoms with Crippen molar-refractivity contribution in [2.75, 3.05) is 0 Å². The smallest absolute Gasteiger partial charge is 0.278 e. The first-order valence-corrected chi connectivity index (χ1v) is 5.70. The Kier molecular flexibility index (Phi) is 2.51. The van der Waals surface area contributed by atoms with Gasteiger partial charge in [0, 0.05) is 6.04 Å². The summed E-state index contributed by atoms with van der Waals surface area (Å²) in [6.07, 6.45) is -0.543. The zero-order valence-corrected chi connectivity index (χ0v) is 9.61. The zero-order chi connectivity index (χ0) is 12.9. The molecule has 0 aliphatic carbocycles. The van der Waals surface area contributed by atoms with Crippen LogP contribution in [0.5, 0.6) is 0 Å². The molecule has 0 bridgehead atoms. The van der Waals surface area contributed by atoms with Gasteiger partial charge in [-0.2, -0.15) is 5.11 Å². The van der Waals surface area contributed by atoms with E-state index >= 15 is 0 Å². The fourth-order valence-corrected chi connectivity index (χ4v) is 2.42. The topological polar surface area (TPSA) is 123 Å². The molecule has 0 spiro atoms. The van der Waals surface area contributed by atoms with E-state index in [4.69, 9.17) is 0 Å². The normalized spacial score (nSPS) is 38.1. The van der Waals surface area contributed by atoms with Crippen LogP contribution < -0.4 is 10.9 Å². The second-order valence-electron chi connectivity index (χ2n) is 4.59. The average Bonchev–Trinajstić information content (AvgIpc) is 2.88. The number of aromatic nitrogens is 2. The Bertz CT molecular complexity index is 557. The molecule has 0 amide bonds. The Morgan fingerprint density at radius 1 is 1.33 bits per heavy atom. The van der Waals surface area contributed by atoms with Crippen molar-refractivity contribution in [3.8, 4) is 0 Å². The summed E-state index contributed by atoms with van der Waals surface area (Å²) in [5.74, 6) is 0. The molecule has 3 heterocycles. The molecule has 5 atom stereocenters. The number of rotatable bonds is 1. The number of nitrogens with one attached hydrogen (secondary N) is 2. The number of H-pyrrole nitrogens is 1. The van der Waals surface area contributed by atoms with Crippen molar-refractivity contribution in [3.05, 3.63) is 22.4 Å². The number of aromatic amines is 1. The molecule has 2 aliphatic rings. The van der Waals surface area contributed by atoms with E-state index in [1.54, 1.807) is 6.92 Å². The van der Waals surface area contributed by atoms with Crippen LogP contribution in [0.4, 0.5) is 5.69 Å². The number of fused-ring (bicyclic) bond motifs is 1. The maximum absolute atomic E-state index is 11.5. The second-order valence-corrected chi connectivity index (χ2v) is 4.59. The van der Waals surface area contributed by atoms with Gasteiger partial charge in [0.25, 0.3) is 5.56 Å². The largest absolute Gasteiger partial charge is 0.389 e. The molecule has 1 saturated heterocycles. The highest BCUT2D eigenvalue weighted by Gasteiger charge is 2.46. The molecule has 2 aliphatic heterocycles. The first kappa shape index (κ1) is 11.5. The first-order valence-electron chi connectivity index (χ1n) is 5.70. The minimum absolute atomic E-state index is 0.172. The summed E-state index contributed by atoms with van der Waals surface area (Å²) in [4.78, 5) is 18.0. The highest BCUT2D eigenvalue weighted by Crippen LogP contribution is 2.36. The Hall–Kier alpha value is -1.64.